The first-order valence-corrected chi connectivity index (χ1v) is 3.84. The van der Waals surface area contributed by atoms with Crippen LogP contribution >= 0.6 is 0 Å². The minimum atomic E-state index is -0.922. The molecule has 0 unspecified atom stereocenters. The maximum atomic E-state index is 10.3. The predicted molar refractivity (Wildman–Crippen MR) is 39.3 cm³/mol. The Kier molecular flexibility index (Phi) is 1.06. The van der Waals surface area contributed by atoms with Crippen molar-refractivity contribution < 1.29 is 9.90 Å². The summed E-state index contributed by atoms with van der Waals surface area (Å²) in [7, 11) is 0. The molecule has 3 rings (SSSR count). The molecule has 0 aromatic rings. The lowest BCUT2D eigenvalue weighted by Crippen LogP contribution is -2.61. The molecule has 0 saturated heterocycles. The lowest BCUT2D eigenvalue weighted by atomic mass is 9.72. The first-order chi connectivity index (χ1) is 5.04. The second kappa shape index (κ2) is 1.69. The number of fused-ring (bicyclic) bond motifs is 1. The quantitative estimate of drug-likeness (QED) is 0.510. The monoisotopic (exact) mass is 156 g/mol. The zero-order chi connectivity index (χ0) is 8.11. The standard InChI is InChI=1S/C7H12N2O2/c8-6-1-2-7(3-6,4-6)9-5(10)11/h9H,1-4,8H2,(H,10,11). The first kappa shape index (κ1) is 6.91. The highest BCUT2D eigenvalue weighted by Crippen LogP contribution is 2.53. The van der Waals surface area contributed by atoms with E-state index in [1.54, 1.807) is 0 Å². The Labute approximate surface area is 64.8 Å². The van der Waals surface area contributed by atoms with Crippen LogP contribution in [0.15, 0.2) is 0 Å². The molecule has 0 aliphatic heterocycles. The summed E-state index contributed by atoms with van der Waals surface area (Å²) in [5, 5.41) is 11.0. The van der Waals surface area contributed by atoms with Gasteiger partial charge in [-0.05, 0) is 25.7 Å². The maximum Gasteiger partial charge on any atom is 0.405 e. The molecule has 0 heterocycles. The minimum Gasteiger partial charge on any atom is -0.465 e. The topological polar surface area (TPSA) is 75.3 Å². The molecule has 3 fully saturated rings. The summed E-state index contributed by atoms with van der Waals surface area (Å²) < 4.78 is 0. The van der Waals surface area contributed by atoms with Crippen LogP contribution in [-0.2, 0) is 0 Å². The van der Waals surface area contributed by atoms with Crippen LogP contribution in [0.2, 0.25) is 0 Å². The molecule has 1 amide bonds. The van der Waals surface area contributed by atoms with Crippen LogP contribution in [-0.4, -0.2) is 22.3 Å². The van der Waals surface area contributed by atoms with Gasteiger partial charge in [-0.25, -0.2) is 4.79 Å². The summed E-state index contributed by atoms with van der Waals surface area (Å²) in [6, 6.07) is 0. The molecule has 4 N–H and O–H groups in total. The van der Waals surface area contributed by atoms with E-state index in [9.17, 15) is 4.79 Å². The lowest BCUT2D eigenvalue weighted by molar-refractivity contribution is 0.135. The average molecular weight is 156 g/mol. The summed E-state index contributed by atoms with van der Waals surface area (Å²) in [6.07, 6.45) is 2.61. The third-order valence-corrected chi connectivity index (χ3v) is 2.85. The van der Waals surface area contributed by atoms with Crippen molar-refractivity contribution in [3.63, 3.8) is 0 Å². The zero-order valence-electron chi connectivity index (χ0n) is 6.26. The molecule has 3 aliphatic carbocycles. The van der Waals surface area contributed by atoms with Gasteiger partial charge in [-0.1, -0.05) is 0 Å². The summed E-state index contributed by atoms with van der Waals surface area (Å²) in [5.41, 5.74) is 5.68. The largest absolute Gasteiger partial charge is 0.465 e. The smallest absolute Gasteiger partial charge is 0.405 e. The number of hydrogen-bond donors (Lipinski definition) is 3. The van der Waals surface area contributed by atoms with Crippen molar-refractivity contribution >= 4 is 6.09 Å². The fourth-order valence-corrected chi connectivity index (χ4v) is 2.52. The molecule has 4 nitrogen and oxygen atoms in total. The van der Waals surface area contributed by atoms with E-state index in [1.165, 1.54) is 0 Å². The second-order valence-corrected chi connectivity index (χ2v) is 3.93. The van der Waals surface area contributed by atoms with Gasteiger partial charge in [0.25, 0.3) is 0 Å². The molecule has 3 saturated carbocycles. The van der Waals surface area contributed by atoms with Gasteiger partial charge in [0.05, 0.1) is 0 Å². The normalized spacial score (nSPS) is 46.6. The molecule has 62 valence electrons. The van der Waals surface area contributed by atoms with Gasteiger partial charge in [0, 0.05) is 11.1 Å². The number of hydrogen-bond acceptors (Lipinski definition) is 2. The van der Waals surface area contributed by atoms with E-state index < -0.39 is 6.09 Å². The number of nitrogens with two attached hydrogens (primary N) is 1. The molecule has 0 atom stereocenters. The number of amides is 1. The third-order valence-electron chi connectivity index (χ3n) is 2.85. The number of carbonyl (C=O) groups is 1. The van der Waals surface area contributed by atoms with Gasteiger partial charge in [0.15, 0.2) is 0 Å². The molecular weight excluding hydrogens is 144 g/mol. The van der Waals surface area contributed by atoms with Crippen LogP contribution in [0.1, 0.15) is 25.7 Å². The lowest BCUT2D eigenvalue weighted by Gasteiger charge is -2.44. The van der Waals surface area contributed by atoms with Gasteiger partial charge in [0.2, 0.25) is 0 Å². The Balaban J connectivity index is 2.02. The van der Waals surface area contributed by atoms with Gasteiger partial charge in [-0.15, -0.1) is 0 Å². The highest BCUT2D eigenvalue weighted by atomic mass is 16.4. The van der Waals surface area contributed by atoms with Gasteiger partial charge in [-0.2, -0.15) is 0 Å². The number of nitrogens with one attached hydrogen (secondary N) is 1. The molecule has 0 radical (unpaired) electrons. The molecule has 4 heteroatoms. The highest BCUT2D eigenvalue weighted by molar-refractivity contribution is 5.66. The second-order valence-electron chi connectivity index (χ2n) is 3.93. The third kappa shape index (κ3) is 0.894. The van der Waals surface area contributed by atoms with E-state index in [0.717, 1.165) is 25.7 Å². The SMILES string of the molecule is NC12CCC(NC(=O)O)(C1)C2. The fraction of sp³-hybridized carbons (Fsp3) is 0.857. The average Bonchev–Trinajstić information content (AvgIpc) is 2.17. The van der Waals surface area contributed by atoms with Crippen molar-refractivity contribution in [3.8, 4) is 0 Å². The predicted octanol–water partition coefficient (Wildman–Crippen LogP) is 0.278. The molecule has 0 spiro atoms. The fourth-order valence-electron chi connectivity index (χ4n) is 2.52. The molecule has 3 aliphatic rings. The van der Waals surface area contributed by atoms with E-state index >= 15 is 0 Å². The highest BCUT2D eigenvalue weighted by Gasteiger charge is 2.59. The number of carboxylic acid groups (broad SMARTS) is 1. The Morgan fingerprint density at radius 1 is 1.45 bits per heavy atom. The molecule has 0 aromatic carbocycles. The summed E-state index contributed by atoms with van der Waals surface area (Å²) in [6.45, 7) is 0. The Morgan fingerprint density at radius 2 is 2.09 bits per heavy atom. The van der Waals surface area contributed by atoms with E-state index in [-0.39, 0.29) is 11.1 Å². The van der Waals surface area contributed by atoms with E-state index in [4.69, 9.17) is 10.8 Å². The van der Waals surface area contributed by atoms with Crippen LogP contribution in [0.3, 0.4) is 0 Å². The van der Waals surface area contributed by atoms with Crippen molar-refractivity contribution in [2.45, 2.75) is 36.8 Å². The van der Waals surface area contributed by atoms with E-state index in [1.807, 2.05) is 0 Å². The van der Waals surface area contributed by atoms with E-state index in [0.29, 0.717) is 0 Å². The van der Waals surface area contributed by atoms with Crippen molar-refractivity contribution in [1.29, 1.82) is 0 Å². The Hall–Kier alpha value is -0.770. The van der Waals surface area contributed by atoms with Crippen molar-refractivity contribution in [1.82, 2.24) is 5.32 Å². The van der Waals surface area contributed by atoms with Crippen LogP contribution in [0.25, 0.3) is 0 Å². The van der Waals surface area contributed by atoms with E-state index in [2.05, 4.69) is 5.32 Å². The van der Waals surface area contributed by atoms with Gasteiger partial charge >= 0.3 is 6.09 Å². The van der Waals surface area contributed by atoms with Crippen LogP contribution < -0.4 is 11.1 Å². The van der Waals surface area contributed by atoms with Gasteiger partial charge in [-0.3, -0.25) is 0 Å². The Bertz CT molecular complexity index is 208. The molecule has 2 bridgehead atoms. The number of rotatable bonds is 1. The van der Waals surface area contributed by atoms with Gasteiger partial charge < -0.3 is 16.2 Å². The van der Waals surface area contributed by atoms with Crippen molar-refractivity contribution in [2.75, 3.05) is 0 Å². The minimum absolute atomic E-state index is 0.0392. The molecular formula is C7H12N2O2. The molecule has 11 heavy (non-hydrogen) atoms. The van der Waals surface area contributed by atoms with Crippen molar-refractivity contribution in [3.05, 3.63) is 0 Å². The zero-order valence-corrected chi connectivity index (χ0v) is 6.26. The van der Waals surface area contributed by atoms with Crippen LogP contribution in [0, 0.1) is 0 Å². The van der Waals surface area contributed by atoms with Gasteiger partial charge in [0.1, 0.15) is 0 Å². The summed E-state index contributed by atoms with van der Waals surface area (Å²) in [5.74, 6) is 0. The maximum absolute atomic E-state index is 10.3. The summed E-state index contributed by atoms with van der Waals surface area (Å²) in [4.78, 5) is 10.3. The van der Waals surface area contributed by atoms with Crippen LogP contribution in [0.4, 0.5) is 4.79 Å². The Morgan fingerprint density at radius 3 is 2.45 bits per heavy atom. The first-order valence-electron chi connectivity index (χ1n) is 3.84. The van der Waals surface area contributed by atoms with Crippen LogP contribution in [0.5, 0.6) is 0 Å². The molecule has 0 aromatic heterocycles. The van der Waals surface area contributed by atoms with Crippen molar-refractivity contribution in [2.24, 2.45) is 5.73 Å². The summed E-state index contributed by atoms with van der Waals surface area (Å²) >= 11 is 0.